The summed E-state index contributed by atoms with van der Waals surface area (Å²) in [5.41, 5.74) is 0.554. The van der Waals surface area contributed by atoms with Gasteiger partial charge in [-0.15, -0.1) is 0 Å². The molecule has 6 nitrogen and oxygen atoms in total. The first-order valence-corrected chi connectivity index (χ1v) is 9.56. The molecular formula is C21H26FN4O2+. The highest BCUT2D eigenvalue weighted by Crippen LogP contribution is 2.16. The Kier molecular flexibility index (Phi) is 6.57. The molecule has 1 aliphatic heterocycles. The van der Waals surface area contributed by atoms with Gasteiger partial charge in [0, 0.05) is 24.6 Å². The SMILES string of the molecule is C[C@H](CC(=O)Nc1ccc(F)cc1)CC(=O)N1CCN(c2cccc[nH+]2)CC1. The first kappa shape index (κ1) is 19.8. The van der Waals surface area contributed by atoms with Crippen molar-refractivity contribution >= 4 is 23.3 Å². The Bertz CT molecular complexity index is 790. The Balaban J connectivity index is 1.41. The lowest BCUT2D eigenvalue weighted by Crippen LogP contribution is -2.50. The van der Waals surface area contributed by atoms with Crippen molar-refractivity contribution in [2.75, 3.05) is 36.4 Å². The van der Waals surface area contributed by atoms with Gasteiger partial charge in [-0.2, -0.15) is 0 Å². The van der Waals surface area contributed by atoms with Gasteiger partial charge in [-0.1, -0.05) is 13.0 Å². The van der Waals surface area contributed by atoms with Crippen molar-refractivity contribution in [3.05, 3.63) is 54.5 Å². The van der Waals surface area contributed by atoms with Crippen LogP contribution in [0.25, 0.3) is 0 Å². The van der Waals surface area contributed by atoms with Gasteiger partial charge in [0.05, 0.1) is 19.3 Å². The third kappa shape index (κ3) is 5.52. The van der Waals surface area contributed by atoms with Gasteiger partial charge in [-0.05, 0) is 36.2 Å². The maximum absolute atomic E-state index is 12.9. The summed E-state index contributed by atoms with van der Waals surface area (Å²) in [6, 6.07) is 11.6. The minimum atomic E-state index is -0.345. The molecule has 1 fully saturated rings. The number of H-pyrrole nitrogens is 1. The molecule has 1 saturated heterocycles. The van der Waals surface area contributed by atoms with Crippen molar-refractivity contribution < 1.29 is 19.0 Å². The predicted molar refractivity (Wildman–Crippen MR) is 105 cm³/mol. The lowest BCUT2D eigenvalue weighted by molar-refractivity contribution is -0.364. The van der Waals surface area contributed by atoms with Crippen LogP contribution in [0.1, 0.15) is 19.8 Å². The van der Waals surface area contributed by atoms with E-state index in [1.807, 2.05) is 36.2 Å². The van der Waals surface area contributed by atoms with E-state index in [4.69, 9.17) is 0 Å². The number of rotatable bonds is 6. The standard InChI is InChI=1S/C21H25FN4O2/c1-16(14-20(27)24-18-7-5-17(22)6-8-18)15-21(28)26-12-10-25(11-13-26)19-4-2-3-9-23-19/h2-9,16H,10-15H2,1H3,(H,24,27)/p+1/t16-/m1/s1. The molecular weight excluding hydrogens is 359 g/mol. The molecule has 0 spiro atoms. The van der Waals surface area contributed by atoms with E-state index >= 15 is 0 Å². The van der Waals surface area contributed by atoms with Crippen molar-refractivity contribution in [1.82, 2.24) is 4.90 Å². The van der Waals surface area contributed by atoms with Crippen LogP contribution in [0.5, 0.6) is 0 Å². The van der Waals surface area contributed by atoms with Gasteiger partial charge in [-0.25, -0.2) is 9.37 Å². The minimum absolute atomic E-state index is 0.0616. The number of hydrogen-bond acceptors (Lipinski definition) is 3. The maximum Gasteiger partial charge on any atom is 0.274 e. The number of halogens is 1. The molecule has 2 heterocycles. The summed E-state index contributed by atoms with van der Waals surface area (Å²) < 4.78 is 12.9. The summed E-state index contributed by atoms with van der Waals surface area (Å²) >= 11 is 0. The second kappa shape index (κ2) is 9.30. The fourth-order valence-electron chi connectivity index (χ4n) is 3.34. The van der Waals surface area contributed by atoms with Crippen LogP contribution in [0.4, 0.5) is 15.9 Å². The number of nitrogens with one attached hydrogen (secondary N) is 2. The van der Waals surface area contributed by atoms with Gasteiger partial charge in [0.2, 0.25) is 11.8 Å². The number of benzene rings is 1. The van der Waals surface area contributed by atoms with E-state index in [0.29, 0.717) is 25.2 Å². The molecule has 148 valence electrons. The second-order valence-corrected chi connectivity index (χ2v) is 7.18. The van der Waals surface area contributed by atoms with E-state index in [-0.39, 0.29) is 30.0 Å². The number of aromatic nitrogens is 1. The summed E-state index contributed by atoms with van der Waals surface area (Å²) in [6.07, 6.45) is 2.49. The summed E-state index contributed by atoms with van der Waals surface area (Å²) in [7, 11) is 0. The first-order chi connectivity index (χ1) is 13.5. The van der Waals surface area contributed by atoms with Crippen LogP contribution in [-0.2, 0) is 9.59 Å². The van der Waals surface area contributed by atoms with Crippen LogP contribution in [0.15, 0.2) is 48.7 Å². The summed E-state index contributed by atoms with van der Waals surface area (Å²) in [5, 5.41) is 2.74. The zero-order valence-corrected chi connectivity index (χ0v) is 16.0. The Morgan fingerprint density at radius 3 is 2.43 bits per heavy atom. The lowest BCUT2D eigenvalue weighted by Gasteiger charge is -2.31. The number of hydrogen-bond donors (Lipinski definition) is 1. The van der Waals surface area contributed by atoms with Gasteiger partial charge in [0.1, 0.15) is 18.9 Å². The van der Waals surface area contributed by atoms with Crippen LogP contribution in [0.2, 0.25) is 0 Å². The average molecular weight is 385 g/mol. The highest BCUT2D eigenvalue weighted by molar-refractivity contribution is 5.91. The monoisotopic (exact) mass is 385 g/mol. The summed E-state index contributed by atoms with van der Waals surface area (Å²) in [5.74, 6) is 0.561. The normalized spacial score (nSPS) is 15.2. The smallest absolute Gasteiger partial charge is 0.274 e. The number of carbonyl (C=O) groups is 2. The van der Waals surface area contributed by atoms with Gasteiger partial charge in [0.25, 0.3) is 5.82 Å². The molecule has 7 heteroatoms. The molecule has 0 aliphatic carbocycles. The molecule has 0 bridgehead atoms. The molecule has 3 rings (SSSR count). The maximum atomic E-state index is 12.9. The van der Waals surface area contributed by atoms with Gasteiger partial charge < -0.3 is 10.2 Å². The Morgan fingerprint density at radius 1 is 1.07 bits per heavy atom. The van der Waals surface area contributed by atoms with Gasteiger partial charge in [0.15, 0.2) is 0 Å². The summed E-state index contributed by atoms with van der Waals surface area (Å²) in [6.45, 7) is 4.82. The molecule has 28 heavy (non-hydrogen) atoms. The number of carbonyl (C=O) groups excluding carboxylic acids is 2. The van der Waals surface area contributed by atoms with Crippen molar-refractivity contribution in [3.63, 3.8) is 0 Å². The molecule has 2 N–H and O–H groups in total. The number of aromatic amines is 1. The van der Waals surface area contributed by atoms with Crippen molar-refractivity contribution in [2.45, 2.75) is 19.8 Å². The summed E-state index contributed by atoms with van der Waals surface area (Å²) in [4.78, 5) is 32.0. The van der Waals surface area contributed by atoms with E-state index in [1.165, 1.54) is 24.3 Å². The van der Waals surface area contributed by atoms with E-state index in [9.17, 15) is 14.0 Å². The Labute approximate surface area is 164 Å². The van der Waals surface area contributed by atoms with Crippen LogP contribution in [-0.4, -0.2) is 42.9 Å². The van der Waals surface area contributed by atoms with E-state index in [2.05, 4.69) is 15.2 Å². The highest BCUT2D eigenvalue weighted by atomic mass is 19.1. The average Bonchev–Trinajstić information content (AvgIpc) is 2.70. The molecule has 0 radical (unpaired) electrons. The Hall–Kier alpha value is -2.96. The highest BCUT2D eigenvalue weighted by Gasteiger charge is 2.27. The quantitative estimate of drug-likeness (QED) is 0.830. The predicted octanol–water partition coefficient (Wildman–Crippen LogP) is 2.34. The minimum Gasteiger partial charge on any atom is -0.335 e. The fourth-order valence-corrected chi connectivity index (χ4v) is 3.34. The molecule has 2 aromatic rings. The topological polar surface area (TPSA) is 66.8 Å². The third-order valence-electron chi connectivity index (χ3n) is 4.85. The van der Waals surface area contributed by atoms with Crippen LogP contribution in [0.3, 0.4) is 0 Å². The zero-order valence-electron chi connectivity index (χ0n) is 16.0. The van der Waals surface area contributed by atoms with Crippen LogP contribution >= 0.6 is 0 Å². The first-order valence-electron chi connectivity index (χ1n) is 9.56. The number of anilines is 2. The number of piperazine rings is 1. The van der Waals surface area contributed by atoms with Crippen molar-refractivity contribution in [3.8, 4) is 0 Å². The van der Waals surface area contributed by atoms with Crippen molar-refractivity contribution in [2.24, 2.45) is 5.92 Å². The van der Waals surface area contributed by atoms with Crippen LogP contribution < -0.4 is 15.2 Å². The number of amides is 2. The zero-order chi connectivity index (χ0) is 19.9. The van der Waals surface area contributed by atoms with Crippen molar-refractivity contribution in [1.29, 1.82) is 0 Å². The van der Waals surface area contributed by atoms with Gasteiger partial charge in [-0.3, -0.25) is 14.5 Å². The second-order valence-electron chi connectivity index (χ2n) is 7.18. The molecule has 1 aliphatic rings. The van der Waals surface area contributed by atoms with Gasteiger partial charge >= 0.3 is 0 Å². The number of nitrogens with zero attached hydrogens (tertiary/aromatic N) is 2. The fraction of sp³-hybridized carbons (Fsp3) is 0.381. The van der Waals surface area contributed by atoms with Crippen LogP contribution in [0, 0.1) is 11.7 Å². The molecule has 1 atom stereocenters. The molecule has 1 aromatic carbocycles. The molecule has 0 unspecified atom stereocenters. The van der Waals surface area contributed by atoms with E-state index < -0.39 is 0 Å². The van der Waals surface area contributed by atoms with E-state index in [1.54, 1.807) is 0 Å². The Morgan fingerprint density at radius 2 is 1.79 bits per heavy atom. The lowest BCUT2D eigenvalue weighted by atomic mass is 10.0. The molecule has 2 amide bonds. The molecule has 1 aromatic heterocycles. The largest absolute Gasteiger partial charge is 0.335 e. The number of pyridine rings is 1. The third-order valence-corrected chi connectivity index (χ3v) is 4.85. The molecule has 0 saturated carbocycles. The van der Waals surface area contributed by atoms with E-state index in [0.717, 1.165) is 18.9 Å².